The lowest BCUT2D eigenvalue weighted by Crippen LogP contribution is -2.02. The number of tetrazole rings is 1. The highest BCUT2D eigenvalue weighted by Crippen LogP contribution is 2.27. The van der Waals surface area contributed by atoms with Crippen LogP contribution in [0.25, 0.3) is 11.3 Å². The Bertz CT molecular complexity index is 823. The Hall–Kier alpha value is -2.60. The molecular formula is C16H16ClN5O. The van der Waals surface area contributed by atoms with Crippen molar-refractivity contribution in [3.05, 3.63) is 59.3 Å². The third-order valence-corrected chi connectivity index (χ3v) is 3.69. The topological polar surface area (TPSA) is 68.8 Å². The van der Waals surface area contributed by atoms with Crippen LogP contribution in [0.4, 0.5) is 5.95 Å². The Morgan fingerprint density at radius 3 is 3.00 bits per heavy atom. The van der Waals surface area contributed by atoms with E-state index in [1.165, 1.54) is 4.80 Å². The second-order valence-electron chi connectivity index (χ2n) is 5.04. The van der Waals surface area contributed by atoms with E-state index in [-0.39, 0.29) is 0 Å². The van der Waals surface area contributed by atoms with Gasteiger partial charge in [0.05, 0.1) is 13.1 Å². The van der Waals surface area contributed by atoms with E-state index in [0.717, 1.165) is 27.7 Å². The van der Waals surface area contributed by atoms with E-state index in [0.29, 0.717) is 19.0 Å². The van der Waals surface area contributed by atoms with Gasteiger partial charge in [-0.15, -0.1) is 11.7 Å². The van der Waals surface area contributed by atoms with Gasteiger partial charge < -0.3 is 9.73 Å². The van der Waals surface area contributed by atoms with Crippen LogP contribution in [0.2, 0.25) is 5.02 Å². The fourth-order valence-electron chi connectivity index (χ4n) is 2.05. The van der Waals surface area contributed by atoms with Crippen molar-refractivity contribution in [1.82, 2.24) is 20.2 Å². The number of rotatable bonds is 6. The Morgan fingerprint density at radius 2 is 2.22 bits per heavy atom. The van der Waals surface area contributed by atoms with E-state index >= 15 is 0 Å². The lowest BCUT2D eigenvalue weighted by molar-refractivity contribution is 0.530. The highest BCUT2D eigenvalue weighted by molar-refractivity contribution is 6.31. The minimum Gasteiger partial charge on any atom is -0.459 e. The molecule has 0 fully saturated rings. The highest BCUT2D eigenvalue weighted by atomic mass is 35.5. The highest BCUT2D eigenvalue weighted by Gasteiger charge is 2.08. The summed E-state index contributed by atoms with van der Waals surface area (Å²) in [5, 5.41) is 15.7. The van der Waals surface area contributed by atoms with Crippen molar-refractivity contribution in [3.8, 4) is 11.3 Å². The van der Waals surface area contributed by atoms with E-state index < -0.39 is 0 Å². The first-order valence-electron chi connectivity index (χ1n) is 7.13. The van der Waals surface area contributed by atoms with Gasteiger partial charge in [-0.2, -0.15) is 4.80 Å². The molecule has 1 N–H and O–H groups in total. The number of hydrogen-bond donors (Lipinski definition) is 1. The second-order valence-corrected chi connectivity index (χ2v) is 5.45. The molecule has 2 aromatic heterocycles. The number of benzene rings is 1. The maximum atomic E-state index is 6.15. The van der Waals surface area contributed by atoms with Crippen molar-refractivity contribution in [1.29, 1.82) is 0 Å². The van der Waals surface area contributed by atoms with E-state index in [9.17, 15) is 0 Å². The van der Waals surface area contributed by atoms with Gasteiger partial charge in [-0.05, 0) is 35.9 Å². The van der Waals surface area contributed by atoms with Crippen molar-refractivity contribution in [2.75, 3.05) is 5.32 Å². The molecule has 0 radical (unpaired) electrons. The molecule has 0 aliphatic rings. The molecule has 0 spiro atoms. The van der Waals surface area contributed by atoms with Crippen molar-refractivity contribution in [2.24, 2.45) is 0 Å². The third kappa shape index (κ3) is 3.60. The summed E-state index contributed by atoms with van der Waals surface area (Å²) in [7, 11) is 0. The van der Waals surface area contributed by atoms with E-state index in [4.69, 9.17) is 16.0 Å². The predicted molar refractivity (Wildman–Crippen MR) is 89.2 cm³/mol. The first kappa shape index (κ1) is 15.3. The van der Waals surface area contributed by atoms with Crippen LogP contribution in [-0.2, 0) is 13.1 Å². The average molecular weight is 330 g/mol. The molecule has 0 atom stereocenters. The molecule has 0 aliphatic heterocycles. The van der Waals surface area contributed by atoms with Crippen LogP contribution in [0.1, 0.15) is 11.3 Å². The minimum atomic E-state index is 0.447. The molecule has 0 aliphatic carbocycles. The van der Waals surface area contributed by atoms with Crippen molar-refractivity contribution >= 4 is 17.5 Å². The van der Waals surface area contributed by atoms with Crippen molar-refractivity contribution in [2.45, 2.75) is 20.0 Å². The third-order valence-electron chi connectivity index (χ3n) is 3.28. The van der Waals surface area contributed by atoms with E-state index in [2.05, 4.69) is 27.3 Å². The largest absolute Gasteiger partial charge is 0.459 e. The Morgan fingerprint density at radius 1 is 1.35 bits per heavy atom. The maximum absolute atomic E-state index is 6.15. The molecule has 118 valence electrons. The molecule has 2 heterocycles. The summed E-state index contributed by atoms with van der Waals surface area (Å²) >= 11 is 6.15. The van der Waals surface area contributed by atoms with Crippen molar-refractivity contribution in [3.63, 3.8) is 0 Å². The fourth-order valence-corrected chi connectivity index (χ4v) is 2.23. The molecule has 1 aromatic carbocycles. The minimum absolute atomic E-state index is 0.447. The summed E-state index contributed by atoms with van der Waals surface area (Å²) in [4.78, 5) is 1.46. The molecule has 23 heavy (non-hydrogen) atoms. The first-order chi connectivity index (χ1) is 11.2. The molecule has 3 rings (SSSR count). The van der Waals surface area contributed by atoms with E-state index in [1.54, 1.807) is 6.08 Å². The molecule has 0 saturated heterocycles. The Labute approximate surface area is 138 Å². The zero-order valence-electron chi connectivity index (χ0n) is 12.7. The summed E-state index contributed by atoms with van der Waals surface area (Å²) < 4.78 is 5.82. The Kier molecular flexibility index (Phi) is 4.43. The van der Waals surface area contributed by atoms with Gasteiger partial charge in [-0.1, -0.05) is 34.9 Å². The SMILES string of the molecule is C=CCn1nnc(NCc2ccc(-c3ccc(C)c(Cl)c3)o2)n1. The molecule has 0 amide bonds. The standard InChI is InChI=1S/C16H16ClN5O/c1-3-8-22-20-16(19-21-22)18-10-13-6-7-15(23-13)12-5-4-11(2)14(17)9-12/h3-7,9H,1,8,10H2,2H3,(H,18,20). The molecule has 3 aromatic rings. The van der Waals surface area contributed by atoms with Crippen LogP contribution in [0, 0.1) is 6.92 Å². The van der Waals surface area contributed by atoms with Crippen LogP contribution in [-0.4, -0.2) is 20.2 Å². The normalized spacial score (nSPS) is 10.7. The Balaban J connectivity index is 1.66. The number of furan rings is 1. The summed E-state index contributed by atoms with van der Waals surface area (Å²) in [5.74, 6) is 1.99. The van der Waals surface area contributed by atoms with Gasteiger partial charge in [0.2, 0.25) is 0 Å². The molecule has 0 unspecified atom stereocenters. The lowest BCUT2D eigenvalue weighted by Gasteiger charge is -2.01. The second kappa shape index (κ2) is 6.66. The van der Waals surface area contributed by atoms with Gasteiger partial charge >= 0.3 is 0 Å². The van der Waals surface area contributed by atoms with Gasteiger partial charge in [-0.25, -0.2) is 0 Å². The molecular weight excluding hydrogens is 314 g/mol. The molecule has 0 saturated carbocycles. The van der Waals surface area contributed by atoms with Crippen LogP contribution in [0.15, 0.2) is 47.4 Å². The van der Waals surface area contributed by atoms with Crippen LogP contribution < -0.4 is 5.32 Å². The average Bonchev–Trinajstić information content (AvgIpc) is 3.18. The predicted octanol–water partition coefficient (Wildman–Crippen LogP) is 3.69. The van der Waals surface area contributed by atoms with Crippen LogP contribution in [0.3, 0.4) is 0 Å². The van der Waals surface area contributed by atoms with Gasteiger partial charge in [0.1, 0.15) is 11.5 Å². The summed E-state index contributed by atoms with van der Waals surface area (Å²) in [6.45, 7) is 6.59. The number of aromatic nitrogens is 4. The van der Waals surface area contributed by atoms with Crippen LogP contribution >= 0.6 is 11.6 Å². The lowest BCUT2D eigenvalue weighted by atomic mass is 10.1. The number of hydrogen-bond acceptors (Lipinski definition) is 5. The quantitative estimate of drug-likeness (QED) is 0.698. The summed E-state index contributed by atoms with van der Waals surface area (Å²) in [6.07, 6.45) is 1.71. The molecule has 6 nitrogen and oxygen atoms in total. The molecule has 7 heteroatoms. The fraction of sp³-hybridized carbons (Fsp3) is 0.188. The summed E-state index contributed by atoms with van der Waals surface area (Å²) in [5.41, 5.74) is 1.99. The van der Waals surface area contributed by atoms with Gasteiger partial charge in [0, 0.05) is 10.6 Å². The molecule has 0 bridgehead atoms. The first-order valence-corrected chi connectivity index (χ1v) is 7.51. The van der Waals surface area contributed by atoms with Gasteiger partial charge in [0.25, 0.3) is 5.95 Å². The maximum Gasteiger partial charge on any atom is 0.263 e. The van der Waals surface area contributed by atoms with Crippen molar-refractivity contribution < 1.29 is 4.42 Å². The zero-order valence-corrected chi connectivity index (χ0v) is 13.4. The summed E-state index contributed by atoms with van der Waals surface area (Å²) in [6, 6.07) is 9.68. The van der Waals surface area contributed by atoms with Gasteiger partial charge in [-0.3, -0.25) is 0 Å². The number of halogens is 1. The number of aryl methyl sites for hydroxylation is 1. The van der Waals surface area contributed by atoms with E-state index in [1.807, 2.05) is 37.3 Å². The number of anilines is 1. The number of allylic oxidation sites excluding steroid dienone is 1. The number of nitrogens with zero attached hydrogens (tertiary/aromatic N) is 4. The van der Waals surface area contributed by atoms with Gasteiger partial charge in [0.15, 0.2) is 0 Å². The monoisotopic (exact) mass is 329 g/mol. The number of nitrogens with one attached hydrogen (secondary N) is 1. The zero-order chi connectivity index (χ0) is 16.2. The smallest absolute Gasteiger partial charge is 0.263 e. The van der Waals surface area contributed by atoms with Crippen LogP contribution in [0.5, 0.6) is 0 Å².